The molecule has 1 aliphatic rings. The summed E-state index contributed by atoms with van der Waals surface area (Å²) in [6.45, 7) is 3.16. The number of carbonyl (C=O) groups excluding carboxylic acids is 1. The molecule has 1 aliphatic heterocycles. The van der Waals surface area contributed by atoms with Gasteiger partial charge in [-0.25, -0.2) is 18.1 Å². The molecule has 1 fully saturated rings. The highest BCUT2D eigenvalue weighted by Crippen LogP contribution is 2.16. The van der Waals surface area contributed by atoms with Gasteiger partial charge in [-0.2, -0.15) is 5.10 Å². The Balaban J connectivity index is 1.73. The number of amides is 1. The monoisotopic (exact) mass is 377 g/mol. The Morgan fingerprint density at radius 3 is 2.62 bits per heavy atom. The quantitative estimate of drug-likeness (QED) is 0.823. The van der Waals surface area contributed by atoms with E-state index in [9.17, 15) is 13.2 Å². The average Bonchev–Trinajstić information content (AvgIpc) is 2.88. The number of likely N-dealkylation sites (tertiary alicyclic amines) is 1. The first-order valence-corrected chi connectivity index (χ1v) is 10.2. The van der Waals surface area contributed by atoms with Gasteiger partial charge in [0.15, 0.2) is 5.82 Å². The van der Waals surface area contributed by atoms with E-state index in [0.29, 0.717) is 17.2 Å². The lowest BCUT2D eigenvalue weighted by molar-refractivity contribution is 0.0761. The third-order valence-corrected chi connectivity index (χ3v) is 5.75. The molecule has 0 radical (unpaired) electrons. The van der Waals surface area contributed by atoms with Gasteiger partial charge >= 0.3 is 0 Å². The van der Waals surface area contributed by atoms with Gasteiger partial charge in [0.05, 0.1) is 11.4 Å². The van der Waals surface area contributed by atoms with Crippen molar-refractivity contribution in [3.8, 4) is 0 Å². The molecule has 3 rings (SSSR count). The summed E-state index contributed by atoms with van der Waals surface area (Å²) >= 11 is 0. The summed E-state index contributed by atoms with van der Waals surface area (Å²) in [6, 6.07) is 6.16. The zero-order valence-electron chi connectivity index (χ0n) is 14.7. The topological polar surface area (TPSA) is 108 Å². The number of rotatable bonds is 5. The van der Waals surface area contributed by atoms with Crippen molar-refractivity contribution >= 4 is 15.9 Å². The van der Waals surface area contributed by atoms with Crippen LogP contribution in [0.4, 0.5) is 0 Å². The van der Waals surface area contributed by atoms with Crippen molar-refractivity contribution in [3.05, 3.63) is 41.5 Å². The molecule has 140 valence electrons. The molecule has 0 aliphatic carbocycles. The van der Waals surface area contributed by atoms with Gasteiger partial charge in [0.25, 0.3) is 5.91 Å². The zero-order valence-corrected chi connectivity index (χ0v) is 15.6. The van der Waals surface area contributed by atoms with Crippen molar-refractivity contribution < 1.29 is 13.2 Å². The van der Waals surface area contributed by atoms with Gasteiger partial charge in [-0.05, 0) is 38.0 Å². The van der Waals surface area contributed by atoms with Crippen LogP contribution in [0.1, 0.15) is 47.7 Å². The fraction of sp³-hybridized carbons (Fsp3) is 0.471. The Morgan fingerprint density at radius 1 is 1.23 bits per heavy atom. The van der Waals surface area contributed by atoms with E-state index in [2.05, 4.69) is 19.9 Å². The molecular formula is C17H23N5O3S. The van der Waals surface area contributed by atoms with Crippen molar-refractivity contribution in [2.75, 3.05) is 13.1 Å². The number of benzene rings is 1. The van der Waals surface area contributed by atoms with E-state index < -0.39 is 10.0 Å². The lowest BCUT2D eigenvalue weighted by atomic mass is 10.2. The summed E-state index contributed by atoms with van der Waals surface area (Å²) in [5.41, 5.74) is 0.392. The van der Waals surface area contributed by atoms with E-state index in [0.717, 1.165) is 38.8 Å². The molecule has 1 aromatic carbocycles. The van der Waals surface area contributed by atoms with Gasteiger partial charge in [0.1, 0.15) is 5.82 Å². The lowest BCUT2D eigenvalue weighted by Crippen LogP contribution is -2.32. The Bertz CT molecular complexity index is 870. The van der Waals surface area contributed by atoms with Crippen molar-refractivity contribution in [1.82, 2.24) is 24.8 Å². The maximum absolute atomic E-state index is 12.7. The molecule has 2 heterocycles. The third kappa shape index (κ3) is 4.47. The Kier molecular flexibility index (Phi) is 5.67. The molecule has 8 nitrogen and oxygen atoms in total. The van der Waals surface area contributed by atoms with Crippen LogP contribution in [0.25, 0.3) is 0 Å². The predicted molar refractivity (Wildman–Crippen MR) is 96.0 cm³/mol. The van der Waals surface area contributed by atoms with Crippen LogP contribution >= 0.6 is 0 Å². The number of H-pyrrole nitrogens is 1. The number of nitrogens with zero attached hydrogens (tertiary/aromatic N) is 3. The van der Waals surface area contributed by atoms with Gasteiger partial charge < -0.3 is 4.90 Å². The van der Waals surface area contributed by atoms with Crippen molar-refractivity contribution in [1.29, 1.82) is 0 Å². The maximum Gasteiger partial charge on any atom is 0.253 e. The molecule has 2 aromatic rings. The van der Waals surface area contributed by atoms with Gasteiger partial charge in [-0.3, -0.25) is 9.89 Å². The summed E-state index contributed by atoms with van der Waals surface area (Å²) in [5, 5.41) is 6.57. The average molecular weight is 377 g/mol. The van der Waals surface area contributed by atoms with Crippen LogP contribution in [-0.4, -0.2) is 47.5 Å². The second-order valence-corrected chi connectivity index (χ2v) is 8.16. The number of carbonyl (C=O) groups is 1. The third-order valence-electron chi connectivity index (χ3n) is 4.35. The Labute approximate surface area is 153 Å². The number of aromatic nitrogens is 3. The lowest BCUT2D eigenvalue weighted by Gasteiger charge is -2.20. The first-order valence-electron chi connectivity index (χ1n) is 8.72. The van der Waals surface area contributed by atoms with Gasteiger partial charge in [0.2, 0.25) is 10.0 Å². The Hall–Kier alpha value is -2.26. The summed E-state index contributed by atoms with van der Waals surface area (Å²) < 4.78 is 27.5. The fourth-order valence-electron chi connectivity index (χ4n) is 2.96. The summed E-state index contributed by atoms with van der Waals surface area (Å²) in [5.74, 6) is 0.862. The number of sulfonamides is 1. The standard InChI is InChI=1S/C17H23N5O3S/c1-13-19-16(21-20-13)12-18-26(24,25)15-8-6-7-14(11-15)17(23)22-9-4-2-3-5-10-22/h6-8,11,18H,2-5,9-10,12H2,1H3,(H,19,20,21). The van der Waals surface area contributed by atoms with Gasteiger partial charge in [-0.15, -0.1) is 0 Å². The van der Waals surface area contributed by atoms with Crippen LogP contribution in [0.5, 0.6) is 0 Å². The van der Waals surface area contributed by atoms with Crippen LogP contribution in [0, 0.1) is 6.92 Å². The summed E-state index contributed by atoms with van der Waals surface area (Å²) in [4.78, 5) is 18.6. The maximum atomic E-state index is 12.7. The van der Waals surface area contributed by atoms with E-state index in [-0.39, 0.29) is 17.3 Å². The van der Waals surface area contributed by atoms with Gasteiger partial charge in [0, 0.05) is 18.7 Å². The molecule has 26 heavy (non-hydrogen) atoms. The highest BCUT2D eigenvalue weighted by Gasteiger charge is 2.20. The molecular weight excluding hydrogens is 354 g/mol. The van der Waals surface area contributed by atoms with Crippen LogP contribution in [-0.2, 0) is 16.6 Å². The minimum Gasteiger partial charge on any atom is -0.339 e. The van der Waals surface area contributed by atoms with E-state index in [4.69, 9.17) is 0 Å². The van der Waals surface area contributed by atoms with Crippen molar-refractivity contribution in [3.63, 3.8) is 0 Å². The molecule has 1 aromatic heterocycles. The minimum absolute atomic E-state index is 0.0169. The second kappa shape index (κ2) is 7.96. The van der Waals surface area contributed by atoms with E-state index in [1.54, 1.807) is 19.1 Å². The first kappa shape index (κ1) is 18.5. The number of nitrogens with one attached hydrogen (secondary N) is 2. The Morgan fingerprint density at radius 2 is 1.96 bits per heavy atom. The molecule has 0 atom stereocenters. The number of hydrogen-bond donors (Lipinski definition) is 2. The molecule has 1 saturated heterocycles. The molecule has 1 amide bonds. The normalized spacial score (nSPS) is 15.7. The smallest absolute Gasteiger partial charge is 0.253 e. The molecule has 2 N–H and O–H groups in total. The highest BCUT2D eigenvalue weighted by molar-refractivity contribution is 7.89. The van der Waals surface area contributed by atoms with E-state index >= 15 is 0 Å². The van der Waals surface area contributed by atoms with Crippen LogP contribution in [0.3, 0.4) is 0 Å². The molecule has 0 saturated carbocycles. The highest BCUT2D eigenvalue weighted by atomic mass is 32.2. The largest absolute Gasteiger partial charge is 0.339 e. The summed E-state index contributed by atoms with van der Waals surface area (Å²) in [7, 11) is -3.76. The summed E-state index contributed by atoms with van der Waals surface area (Å²) in [6.07, 6.45) is 4.23. The van der Waals surface area contributed by atoms with E-state index in [1.807, 2.05) is 4.90 Å². The first-order chi connectivity index (χ1) is 12.5. The van der Waals surface area contributed by atoms with Crippen LogP contribution in [0.15, 0.2) is 29.2 Å². The zero-order chi connectivity index (χ0) is 18.6. The molecule has 0 unspecified atom stereocenters. The second-order valence-electron chi connectivity index (χ2n) is 6.40. The molecule has 0 bridgehead atoms. The number of aromatic amines is 1. The number of hydrogen-bond acceptors (Lipinski definition) is 5. The van der Waals surface area contributed by atoms with E-state index in [1.165, 1.54) is 12.1 Å². The minimum atomic E-state index is -3.76. The van der Waals surface area contributed by atoms with Gasteiger partial charge in [-0.1, -0.05) is 18.9 Å². The molecule has 0 spiro atoms. The molecule has 9 heteroatoms. The van der Waals surface area contributed by atoms with Crippen molar-refractivity contribution in [2.24, 2.45) is 0 Å². The number of aryl methyl sites for hydroxylation is 1. The fourth-order valence-corrected chi connectivity index (χ4v) is 3.99. The van der Waals surface area contributed by atoms with Crippen molar-refractivity contribution in [2.45, 2.75) is 44.0 Å². The SMILES string of the molecule is Cc1nc(CNS(=O)(=O)c2cccc(C(=O)N3CCCCCC3)c2)n[nH]1. The van der Waals surface area contributed by atoms with Crippen LogP contribution in [0.2, 0.25) is 0 Å². The van der Waals surface area contributed by atoms with Crippen LogP contribution < -0.4 is 4.72 Å². The predicted octanol–water partition coefficient (Wildman–Crippen LogP) is 1.61.